The first kappa shape index (κ1) is 7.62. The minimum Gasteiger partial charge on any atom is -0.349 e. The quantitative estimate of drug-likeness (QED) is 0.435. The molecule has 1 N–H and O–H groups in total. The third-order valence-corrected chi connectivity index (χ3v) is 1.24. The Hall–Kier alpha value is -1.49. The van der Waals surface area contributed by atoms with Crippen molar-refractivity contribution in [3.8, 4) is 12.0 Å². The third kappa shape index (κ3) is 2.30. The fourth-order valence-electron chi connectivity index (χ4n) is 0.676. The van der Waals surface area contributed by atoms with Crippen LogP contribution in [0.1, 0.15) is 11.3 Å². The van der Waals surface area contributed by atoms with Crippen LogP contribution in [-0.4, -0.2) is 12.0 Å². The van der Waals surface area contributed by atoms with E-state index in [2.05, 4.69) is 22.3 Å². The zero-order chi connectivity index (χ0) is 8.10. The monoisotopic (exact) mass is 146 g/mol. The van der Waals surface area contributed by atoms with Crippen molar-refractivity contribution in [1.29, 1.82) is 0 Å². The molecule has 0 saturated heterocycles. The molecule has 1 heterocycles. The van der Waals surface area contributed by atoms with Crippen LogP contribution in [0.25, 0.3) is 0 Å². The van der Waals surface area contributed by atoms with Gasteiger partial charge in [-0.05, 0) is 25.0 Å². The van der Waals surface area contributed by atoms with Gasteiger partial charge in [0.05, 0.1) is 0 Å². The summed E-state index contributed by atoms with van der Waals surface area (Å²) in [5.74, 6) is 2.90. The maximum Gasteiger partial charge on any atom is 0.0447 e. The van der Waals surface area contributed by atoms with E-state index in [-0.39, 0.29) is 0 Å². The molecule has 0 radical (unpaired) electrons. The molecule has 0 aliphatic rings. The number of aryl methyl sites for hydroxylation is 1. The lowest BCUT2D eigenvalue weighted by Gasteiger charge is -1.89. The Balaban J connectivity index is 2.82. The summed E-state index contributed by atoms with van der Waals surface area (Å²) in [4.78, 5) is 4.10. The van der Waals surface area contributed by atoms with Crippen LogP contribution >= 0.6 is 0 Å². The fraction of sp³-hybridized carbons (Fsp3) is 0.222. The van der Waals surface area contributed by atoms with E-state index in [0.29, 0.717) is 0 Å². The molecule has 0 unspecified atom stereocenters. The van der Waals surface area contributed by atoms with Crippen molar-refractivity contribution >= 4 is 0 Å². The van der Waals surface area contributed by atoms with Crippen LogP contribution < -0.4 is 5.32 Å². The van der Waals surface area contributed by atoms with Crippen molar-refractivity contribution in [1.82, 2.24) is 10.3 Å². The maximum absolute atomic E-state index is 4.10. The van der Waals surface area contributed by atoms with Crippen LogP contribution in [0.5, 0.6) is 0 Å². The van der Waals surface area contributed by atoms with Crippen LogP contribution in [0.2, 0.25) is 0 Å². The van der Waals surface area contributed by atoms with Crippen LogP contribution in [0.4, 0.5) is 0 Å². The van der Waals surface area contributed by atoms with Crippen LogP contribution in [-0.2, 0) is 0 Å². The lowest BCUT2D eigenvalue weighted by atomic mass is 10.3. The Labute approximate surface area is 66.7 Å². The standard InChI is InChI=1S/C9H10N2/c1-8-3-4-9(7-11-8)5-6-10-2/h3-4,7,10H,1-2H3. The summed E-state index contributed by atoms with van der Waals surface area (Å²) >= 11 is 0. The van der Waals surface area contributed by atoms with Crippen molar-refractivity contribution in [3.05, 3.63) is 29.6 Å². The molecule has 56 valence electrons. The molecule has 0 atom stereocenters. The van der Waals surface area contributed by atoms with Gasteiger partial charge in [-0.3, -0.25) is 4.98 Å². The predicted molar refractivity (Wildman–Crippen MR) is 44.9 cm³/mol. The van der Waals surface area contributed by atoms with Crippen molar-refractivity contribution in [2.24, 2.45) is 0 Å². The van der Waals surface area contributed by atoms with Gasteiger partial charge < -0.3 is 5.32 Å². The Morgan fingerprint density at radius 1 is 1.45 bits per heavy atom. The van der Waals surface area contributed by atoms with Gasteiger partial charge in [-0.1, -0.05) is 0 Å². The van der Waals surface area contributed by atoms with Gasteiger partial charge >= 0.3 is 0 Å². The van der Waals surface area contributed by atoms with Gasteiger partial charge in [-0.15, -0.1) is 0 Å². The molecule has 0 aromatic carbocycles. The minimum atomic E-state index is 0.935. The molecule has 0 saturated carbocycles. The topological polar surface area (TPSA) is 24.9 Å². The first-order valence-electron chi connectivity index (χ1n) is 3.43. The van der Waals surface area contributed by atoms with E-state index in [4.69, 9.17) is 0 Å². The van der Waals surface area contributed by atoms with E-state index in [1.54, 1.807) is 13.2 Å². The Kier molecular flexibility index (Phi) is 2.51. The van der Waals surface area contributed by atoms with Gasteiger partial charge in [-0.2, -0.15) is 0 Å². The van der Waals surface area contributed by atoms with Gasteiger partial charge in [0.1, 0.15) is 0 Å². The van der Waals surface area contributed by atoms with Crippen LogP contribution in [0.15, 0.2) is 18.3 Å². The number of pyridine rings is 1. The van der Waals surface area contributed by atoms with E-state index in [1.807, 2.05) is 19.1 Å². The molecule has 2 nitrogen and oxygen atoms in total. The summed E-state index contributed by atoms with van der Waals surface area (Å²) in [7, 11) is 1.79. The average Bonchev–Trinajstić information content (AvgIpc) is 2.04. The molecule has 11 heavy (non-hydrogen) atoms. The van der Waals surface area contributed by atoms with Gasteiger partial charge in [0, 0.05) is 30.5 Å². The van der Waals surface area contributed by atoms with E-state index < -0.39 is 0 Å². The first-order chi connectivity index (χ1) is 5.33. The molecular formula is C9H10N2. The highest BCUT2D eigenvalue weighted by Crippen LogP contribution is 1.95. The summed E-state index contributed by atoms with van der Waals surface area (Å²) in [5, 5.41) is 2.74. The third-order valence-electron chi connectivity index (χ3n) is 1.24. The highest BCUT2D eigenvalue weighted by molar-refractivity contribution is 5.31. The molecule has 0 bridgehead atoms. The second-order valence-corrected chi connectivity index (χ2v) is 2.19. The smallest absolute Gasteiger partial charge is 0.0447 e. The summed E-state index contributed by atoms with van der Waals surface area (Å²) in [6, 6.07) is 6.64. The first-order valence-corrected chi connectivity index (χ1v) is 3.43. The molecule has 0 aliphatic heterocycles. The SMILES string of the molecule is CNC#Cc1ccc(C)nc1. The summed E-state index contributed by atoms with van der Waals surface area (Å²) in [6.07, 6.45) is 1.76. The average molecular weight is 146 g/mol. The molecule has 1 aromatic rings. The zero-order valence-electron chi connectivity index (χ0n) is 6.68. The van der Waals surface area contributed by atoms with Gasteiger partial charge in [0.15, 0.2) is 0 Å². The lowest BCUT2D eigenvalue weighted by molar-refractivity contribution is 1.15. The summed E-state index contributed by atoms with van der Waals surface area (Å²) in [6.45, 7) is 1.95. The summed E-state index contributed by atoms with van der Waals surface area (Å²) in [5.41, 5.74) is 1.95. The second kappa shape index (κ2) is 3.62. The van der Waals surface area contributed by atoms with E-state index in [1.165, 1.54) is 0 Å². The van der Waals surface area contributed by atoms with Crippen molar-refractivity contribution in [2.75, 3.05) is 7.05 Å². The Morgan fingerprint density at radius 2 is 2.27 bits per heavy atom. The van der Waals surface area contributed by atoms with Gasteiger partial charge in [0.2, 0.25) is 0 Å². The number of hydrogen-bond donors (Lipinski definition) is 1. The molecule has 0 spiro atoms. The predicted octanol–water partition coefficient (Wildman–Crippen LogP) is 0.918. The van der Waals surface area contributed by atoms with E-state index in [9.17, 15) is 0 Å². The summed E-state index contributed by atoms with van der Waals surface area (Å²) < 4.78 is 0. The molecule has 0 fully saturated rings. The normalized spacial score (nSPS) is 8.18. The number of nitrogens with one attached hydrogen (secondary N) is 1. The van der Waals surface area contributed by atoms with Crippen molar-refractivity contribution < 1.29 is 0 Å². The number of hydrogen-bond acceptors (Lipinski definition) is 2. The number of rotatable bonds is 0. The van der Waals surface area contributed by atoms with Crippen molar-refractivity contribution in [2.45, 2.75) is 6.92 Å². The Bertz CT molecular complexity index is 277. The van der Waals surface area contributed by atoms with E-state index >= 15 is 0 Å². The van der Waals surface area contributed by atoms with E-state index in [0.717, 1.165) is 11.3 Å². The van der Waals surface area contributed by atoms with Crippen molar-refractivity contribution in [3.63, 3.8) is 0 Å². The fourth-order valence-corrected chi connectivity index (χ4v) is 0.676. The minimum absolute atomic E-state index is 0.935. The molecule has 1 rings (SSSR count). The second-order valence-electron chi connectivity index (χ2n) is 2.19. The number of aromatic nitrogens is 1. The highest BCUT2D eigenvalue weighted by atomic mass is 14.8. The molecule has 1 aromatic heterocycles. The lowest BCUT2D eigenvalue weighted by Crippen LogP contribution is -1.92. The largest absolute Gasteiger partial charge is 0.349 e. The number of nitrogens with zero attached hydrogens (tertiary/aromatic N) is 1. The Morgan fingerprint density at radius 3 is 2.82 bits per heavy atom. The van der Waals surface area contributed by atoms with Gasteiger partial charge in [0.25, 0.3) is 0 Å². The molecule has 2 heteroatoms. The molecular weight excluding hydrogens is 136 g/mol. The molecule has 0 aliphatic carbocycles. The molecule has 0 amide bonds. The highest BCUT2D eigenvalue weighted by Gasteiger charge is 1.85. The maximum atomic E-state index is 4.10. The van der Waals surface area contributed by atoms with Crippen LogP contribution in [0.3, 0.4) is 0 Å². The van der Waals surface area contributed by atoms with Gasteiger partial charge in [-0.25, -0.2) is 0 Å². The zero-order valence-corrected chi connectivity index (χ0v) is 6.68. The van der Waals surface area contributed by atoms with Crippen LogP contribution in [0, 0.1) is 18.9 Å².